The van der Waals surface area contributed by atoms with Gasteiger partial charge in [0.15, 0.2) is 0 Å². The summed E-state index contributed by atoms with van der Waals surface area (Å²) >= 11 is 0. The Bertz CT molecular complexity index is 288. The maximum atomic E-state index is 4.18. The molecule has 1 N–H and O–H groups in total. The van der Waals surface area contributed by atoms with Crippen LogP contribution < -0.4 is 5.43 Å². The Balaban J connectivity index is 1.97. The van der Waals surface area contributed by atoms with Crippen molar-refractivity contribution in [2.45, 2.75) is 38.6 Å². The average molecular weight is 206 g/mol. The molecular weight excluding hydrogens is 188 g/mol. The summed E-state index contributed by atoms with van der Waals surface area (Å²) in [5.74, 6) is 0.706. The van der Waals surface area contributed by atoms with Gasteiger partial charge in [-0.1, -0.05) is 13.3 Å². The lowest BCUT2D eigenvalue weighted by Gasteiger charge is -2.34. The molecule has 0 spiro atoms. The molecule has 0 aliphatic carbocycles. The molecule has 4 nitrogen and oxygen atoms in total. The van der Waals surface area contributed by atoms with Crippen LogP contribution in [0.4, 0.5) is 5.95 Å². The van der Waals surface area contributed by atoms with E-state index in [0.29, 0.717) is 12.0 Å². The van der Waals surface area contributed by atoms with Crippen LogP contribution in [0.2, 0.25) is 0 Å². The number of anilines is 1. The molecule has 15 heavy (non-hydrogen) atoms. The second-order valence-corrected chi connectivity index (χ2v) is 3.94. The largest absolute Gasteiger partial charge is 0.287 e. The fourth-order valence-corrected chi connectivity index (χ4v) is 2.06. The molecule has 1 aromatic rings. The van der Waals surface area contributed by atoms with Gasteiger partial charge in [-0.15, -0.1) is 0 Å². The van der Waals surface area contributed by atoms with Gasteiger partial charge in [0.25, 0.3) is 0 Å². The number of nitrogens with zero attached hydrogens (tertiary/aromatic N) is 3. The van der Waals surface area contributed by atoms with Crippen LogP contribution in [0.3, 0.4) is 0 Å². The molecule has 82 valence electrons. The number of aromatic nitrogens is 2. The molecule has 1 fully saturated rings. The zero-order chi connectivity index (χ0) is 10.5. The van der Waals surface area contributed by atoms with Crippen LogP contribution in [0.5, 0.6) is 0 Å². The summed E-state index contributed by atoms with van der Waals surface area (Å²) in [6.45, 7) is 3.33. The number of hydrogen-bond donors (Lipinski definition) is 1. The quantitative estimate of drug-likeness (QED) is 0.822. The standard InChI is InChI=1S/C11H18N4/c1-2-10-6-3-4-9-15(10)14-11-12-7-5-8-13-11/h5,7-8,10H,2-4,6,9H2,1H3,(H,12,13,14). The van der Waals surface area contributed by atoms with Crippen LogP contribution in [-0.4, -0.2) is 27.6 Å². The van der Waals surface area contributed by atoms with Crippen molar-refractivity contribution in [3.05, 3.63) is 18.5 Å². The minimum Gasteiger partial charge on any atom is -0.287 e. The fourth-order valence-electron chi connectivity index (χ4n) is 2.06. The van der Waals surface area contributed by atoms with Crippen molar-refractivity contribution < 1.29 is 0 Å². The van der Waals surface area contributed by atoms with Gasteiger partial charge in [0.1, 0.15) is 0 Å². The van der Waals surface area contributed by atoms with E-state index in [9.17, 15) is 0 Å². The van der Waals surface area contributed by atoms with Crippen molar-refractivity contribution in [1.29, 1.82) is 0 Å². The molecule has 1 aliphatic rings. The van der Waals surface area contributed by atoms with Crippen LogP contribution in [-0.2, 0) is 0 Å². The lowest BCUT2D eigenvalue weighted by Crippen LogP contribution is -2.43. The molecule has 1 aromatic heterocycles. The predicted octanol–water partition coefficient (Wildman–Crippen LogP) is 2.07. The van der Waals surface area contributed by atoms with Gasteiger partial charge in [0.2, 0.25) is 5.95 Å². The maximum absolute atomic E-state index is 4.18. The number of piperidine rings is 1. The van der Waals surface area contributed by atoms with Crippen molar-refractivity contribution in [3.8, 4) is 0 Å². The van der Waals surface area contributed by atoms with E-state index in [1.165, 1.54) is 25.7 Å². The number of nitrogens with one attached hydrogen (secondary N) is 1. The Labute approximate surface area is 90.7 Å². The smallest absolute Gasteiger partial charge is 0.237 e. The summed E-state index contributed by atoms with van der Waals surface area (Å²) in [5, 5.41) is 2.28. The molecule has 4 heteroatoms. The molecule has 0 saturated carbocycles. The van der Waals surface area contributed by atoms with Crippen molar-refractivity contribution in [2.24, 2.45) is 0 Å². The summed E-state index contributed by atoms with van der Waals surface area (Å²) in [7, 11) is 0. The molecular formula is C11H18N4. The second kappa shape index (κ2) is 5.07. The molecule has 1 saturated heterocycles. The third kappa shape index (κ3) is 2.65. The van der Waals surface area contributed by atoms with E-state index in [1.54, 1.807) is 12.4 Å². The molecule has 0 amide bonds. The number of hydrogen-bond acceptors (Lipinski definition) is 4. The van der Waals surface area contributed by atoms with Gasteiger partial charge in [0, 0.05) is 25.0 Å². The van der Waals surface area contributed by atoms with E-state index in [0.717, 1.165) is 6.54 Å². The van der Waals surface area contributed by atoms with Crippen LogP contribution in [0, 0.1) is 0 Å². The monoisotopic (exact) mass is 206 g/mol. The Morgan fingerprint density at radius 3 is 2.93 bits per heavy atom. The van der Waals surface area contributed by atoms with Crippen molar-refractivity contribution in [2.75, 3.05) is 12.0 Å². The first-order valence-electron chi connectivity index (χ1n) is 5.70. The predicted molar refractivity (Wildman–Crippen MR) is 60.3 cm³/mol. The number of hydrazine groups is 1. The topological polar surface area (TPSA) is 41.0 Å². The lowest BCUT2D eigenvalue weighted by atomic mass is 10.0. The Hall–Kier alpha value is -1.16. The SMILES string of the molecule is CCC1CCCCN1Nc1ncccn1. The highest BCUT2D eigenvalue weighted by Gasteiger charge is 2.20. The van der Waals surface area contributed by atoms with Gasteiger partial charge >= 0.3 is 0 Å². The summed E-state index contributed by atoms with van der Waals surface area (Å²) < 4.78 is 0. The molecule has 0 aromatic carbocycles. The molecule has 2 rings (SSSR count). The Kier molecular flexibility index (Phi) is 3.50. The lowest BCUT2D eigenvalue weighted by molar-refractivity contribution is 0.177. The highest BCUT2D eigenvalue weighted by molar-refractivity contribution is 5.20. The van der Waals surface area contributed by atoms with E-state index in [2.05, 4.69) is 27.3 Å². The third-order valence-corrected chi connectivity index (χ3v) is 2.91. The average Bonchev–Trinajstić information content (AvgIpc) is 2.31. The summed E-state index contributed by atoms with van der Waals surface area (Å²) in [5.41, 5.74) is 3.29. The van der Waals surface area contributed by atoms with E-state index < -0.39 is 0 Å². The van der Waals surface area contributed by atoms with Crippen molar-refractivity contribution >= 4 is 5.95 Å². The normalized spacial score (nSPS) is 22.6. The van der Waals surface area contributed by atoms with E-state index in [4.69, 9.17) is 0 Å². The van der Waals surface area contributed by atoms with E-state index >= 15 is 0 Å². The molecule has 0 bridgehead atoms. The van der Waals surface area contributed by atoms with Crippen LogP contribution in [0.15, 0.2) is 18.5 Å². The van der Waals surface area contributed by atoms with Gasteiger partial charge in [0.05, 0.1) is 0 Å². The van der Waals surface area contributed by atoms with Gasteiger partial charge in [-0.05, 0) is 25.3 Å². The van der Waals surface area contributed by atoms with Crippen LogP contribution >= 0.6 is 0 Å². The molecule has 1 aliphatic heterocycles. The molecule has 1 atom stereocenters. The highest BCUT2D eigenvalue weighted by Crippen LogP contribution is 2.19. The van der Waals surface area contributed by atoms with Crippen LogP contribution in [0.1, 0.15) is 32.6 Å². The zero-order valence-electron chi connectivity index (χ0n) is 9.19. The zero-order valence-corrected chi connectivity index (χ0v) is 9.19. The highest BCUT2D eigenvalue weighted by atomic mass is 15.5. The summed E-state index contributed by atoms with van der Waals surface area (Å²) in [4.78, 5) is 8.36. The van der Waals surface area contributed by atoms with Crippen molar-refractivity contribution in [1.82, 2.24) is 15.0 Å². The first kappa shape index (κ1) is 10.4. The minimum atomic E-state index is 0.627. The fraction of sp³-hybridized carbons (Fsp3) is 0.636. The van der Waals surface area contributed by atoms with Crippen molar-refractivity contribution in [3.63, 3.8) is 0 Å². The molecule has 1 unspecified atom stereocenters. The summed E-state index contributed by atoms with van der Waals surface area (Å²) in [6, 6.07) is 2.46. The molecule has 2 heterocycles. The van der Waals surface area contributed by atoms with Crippen LogP contribution in [0.25, 0.3) is 0 Å². The second-order valence-electron chi connectivity index (χ2n) is 3.94. The minimum absolute atomic E-state index is 0.627. The first-order valence-corrected chi connectivity index (χ1v) is 5.70. The van der Waals surface area contributed by atoms with Gasteiger partial charge in [-0.3, -0.25) is 5.43 Å². The Morgan fingerprint density at radius 1 is 1.40 bits per heavy atom. The van der Waals surface area contributed by atoms with E-state index in [-0.39, 0.29) is 0 Å². The maximum Gasteiger partial charge on any atom is 0.237 e. The van der Waals surface area contributed by atoms with Gasteiger partial charge in [-0.25, -0.2) is 15.0 Å². The first-order chi connectivity index (χ1) is 7.40. The molecule has 0 radical (unpaired) electrons. The number of rotatable bonds is 3. The van der Waals surface area contributed by atoms with Gasteiger partial charge < -0.3 is 0 Å². The summed E-state index contributed by atoms with van der Waals surface area (Å²) in [6.07, 6.45) is 8.58. The van der Waals surface area contributed by atoms with E-state index in [1.807, 2.05) is 6.07 Å². The third-order valence-electron chi connectivity index (χ3n) is 2.91. The Morgan fingerprint density at radius 2 is 2.20 bits per heavy atom. The van der Waals surface area contributed by atoms with Gasteiger partial charge in [-0.2, -0.15) is 0 Å².